The number of alkyl halides is 3. The molecule has 0 aliphatic rings. The number of benzene rings is 2. The highest BCUT2D eigenvalue weighted by Crippen LogP contribution is 2.31. The van der Waals surface area contributed by atoms with Gasteiger partial charge in [0.15, 0.2) is 0 Å². The summed E-state index contributed by atoms with van der Waals surface area (Å²) >= 11 is 6.08. The molecule has 0 saturated carbocycles. The van der Waals surface area contributed by atoms with Gasteiger partial charge in [-0.1, -0.05) is 43.1 Å². The van der Waals surface area contributed by atoms with Gasteiger partial charge in [0.05, 0.1) is 12.1 Å². The van der Waals surface area contributed by atoms with E-state index < -0.39 is 23.1 Å². The van der Waals surface area contributed by atoms with Crippen molar-refractivity contribution in [3.8, 4) is 0 Å². The predicted molar refractivity (Wildman–Crippen MR) is 118 cm³/mol. The van der Waals surface area contributed by atoms with E-state index in [1.165, 1.54) is 16.7 Å². The van der Waals surface area contributed by atoms with E-state index in [1.54, 1.807) is 18.2 Å². The Morgan fingerprint density at radius 1 is 1.09 bits per heavy atom. The number of nitrogens with one attached hydrogen (secondary N) is 1. The SMILES string of the molecule is CCCCn1c(=O)nc(Nc2cccc(C(F)(F)F)c2)n(Cc2ccc(Cl)c(C)c2)c1=O. The molecule has 1 aromatic heterocycles. The van der Waals surface area contributed by atoms with Gasteiger partial charge in [-0.15, -0.1) is 0 Å². The number of aryl methyl sites for hydroxylation is 1. The normalized spacial score (nSPS) is 11.6. The summed E-state index contributed by atoms with van der Waals surface area (Å²) in [7, 11) is 0. The van der Waals surface area contributed by atoms with Crippen molar-refractivity contribution in [3.05, 3.63) is 85.1 Å². The van der Waals surface area contributed by atoms with E-state index in [1.807, 2.05) is 13.8 Å². The van der Waals surface area contributed by atoms with Gasteiger partial charge in [0.2, 0.25) is 5.95 Å². The van der Waals surface area contributed by atoms with Gasteiger partial charge in [-0.3, -0.25) is 4.57 Å². The number of unbranched alkanes of at least 4 members (excludes halogenated alkanes) is 1. The molecule has 0 unspecified atom stereocenters. The number of hydrogen-bond acceptors (Lipinski definition) is 4. The maximum absolute atomic E-state index is 13.1. The second-order valence-electron chi connectivity index (χ2n) is 7.38. The maximum Gasteiger partial charge on any atom is 0.416 e. The van der Waals surface area contributed by atoms with Crippen LogP contribution in [0.5, 0.6) is 0 Å². The summed E-state index contributed by atoms with van der Waals surface area (Å²) < 4.78 is 41.5. The maximum atomic E-state index is 13.1. The topological polar surface area (TPSA) is 68.9 Å². The average Bonchev–Trinajstić information content (AvgIpc) is 2.73. The van der Waals surface area contributed by atoms with Gasteiger partial charge in [0, 0.05) is 17.3 Å². The van der Waals surface area contributed by atoms with Crippen molar-refractivity contribution < 1.29 is 13.2 Å². The lowest BCUT2D eigenvalue weighted by atomic mass is 10.1. The van der Waals surface area contributed by atoms with Crippen LogP contribution in [0, 0.1) is 6.92 Å². The number of hydrogen-bond donors (Lipinski definition) is 1. The molecule has 1 N–H and O–H groups in total. The third-order valence-corrected chi connectivity index (χ3v) is 5.32. The molecule has 0 atom stereocenters. The van der Waals surface area contributed by atoms with Gasteiger partial charge in [0.25, 0.3) is 0 Å². The first-order valence-corrected chi connectivity index (χ1v) is 10.4. The number of aromatic nitrogens is 3. The molecule has 3 rings (SSSR count). The highest BCUT2D eigenvalue weighted by Gasteiger charge is 2.30. The van der Waals surface area contributed by atoms with Gasteiger partial charge >= 0.3 is 17.6 Å². The molecule has 0 radical (unpaired) electrons. The minimum atomic E-state index is -4.53. The van der Waals surface area contributed by atoms with E-state index in [-0.39, 0.29) is 24.7 Å². The predicted octanol–water partition coefficient (Wildman–Crippen LogP) is 4.98. The molecule has 0 amide bonds. The van der Waals surface area contributed by atoms with Crippen molar-refractivity contribution in [1.29, 1.82) is 0 Å². The summed E-state index contributed by atoms with van der Waals surface area (Å²) in [6.45, 7) is 4.00. The molecular formula is C22H22ClF3N4O2. The van der Waals surface area contributed by atoms with Crippen LogP contribution in [0.25, 0.3) is 0 Å². The standard InChI is InChI=1S/C22H22ClF3N4O2/c1-3-4-10-29-20(31)28-19(27-17-7-5-6-16(12-17)22(24,25)26)30(21(29)32)13-15-8-9-18(23)14(2)11-15/h5-9,11-12H,3-4,10,13H2,1-2H3,(H,27,28,31). The van der Waals surface area contributed by atoms with E-state index in [0.717, 1.165) is 34.2 Å². The van der Waals surface area contributed by atoms with Crippen molar-refractivity contribution >= 4 is 23.2 Å². The van der Waals surface area contributed by atoms with Crippen LogP contribution >= 0.6 is 11.6 Å². The Labute approximate surface area is 187 Å². The van der Waals surface area contributed by atoms with Crippen molar-refractivity contribution in [1.82, 2.24) is 14.1 Å². The van der Waals surface area contributed by atoms with E-state index in [0.29, 0.717) is 11.4 Å². The smallest absolute Gasteiger partial charge is 0.325 e. The summed E-state index contributed by atoms with van der Waals surface area (Å²) in [5.74, 6) is -0.139. The van der Waals surface area contributed by atoms with Crippen molar-refractivity contribution in [3.63, 3.8) is 0 Å². The molecule has 1 heterocycles. The van der Waals surface area contributed by atoms with Crippen molar-refractivity contribution in [2.75, 3.05) is 5.32 Å². The lowest BCUT2D eigenvalue weighted by Gasteiger charge is -2.16. The van der Waals surface area contributed by atoms with Crippen LogP contribution in [0.3, 0.4) is 0 Å². The second-order valence-corrected chi connectivity index (χ2v) is 7.79. The fraction of sp³-hybridized carbons (Fsp3) is 0.318. The highest BCUT2D eigenvalue weighted by atomic mass is 35.5. The van der Waals surface area contributed by atoms with Crippen LogP contribution in [0.1, 0.15) is 36.5 Å². The Kier molecular flexibility index (Phi) is 7.08. The molecule has 32 heavy (non-hydrogen) atoms. The molecule has 0 spiro atoms. The van der Waals surface area contributed by atoms with Gasteiger partial charge in [-0.2, -0.15) is 18.2 Å². The van der Waals surface area contributed by atoms with Crippen molar-refractivity contribution in [2.45, 2.75) is 46.0 Å². The Bertz CT molecular complexity index is 1240. The fourth-order valence-electron chi connectivity index (χ4n) is 3.16. The minimum Gasteiger partial charge on any atom is -0.325 e. The Morgan fingerprint density at radius 2 is 1.84 bits per heavy atom. The van der Waals surface area contributed by atoms with Crippen LogP contribution in [0.2, 0.25) is 5.02 Å². The van der Waals surface area contributed by atoms with Gasteiger partial charge in [-0.25, -0.2) is 14.2 Å². The Hall–Kier alpha value is -3.07. The van der Waals surface area contributed by atoms with Gasteiger partial charge in [-0.05, 0) is 48.7 Å². The molecule has 0 bridgehead atoms. The number of rotatable bonds is 7. The molecule has 2 aromatic carbocycles. The van der Waals surface area contributed by atoms with Crippen LogP contribution in [0.15, 0.2) is 52.1 Å². The zero-order valence-corrected chi connectivity index (χ0v) is 18.3. The molecule has 10 heteroatoms. The van der Waals surface area contributed by atoms with Crippen LogP contribution in [0.4, 0.5) is 24.8 Å². The van der Waals surface area contributed by atoms with E-state index in [2.05, 4.69) is 10.3 Å². The van der Waals surface area contributed by atoms with Crippen molar-refractivity contribution in [2.24, 2.45) is 0 Å². The largest absolute Gasteiger partial charge is 0.416 e. The molecule has 170 valence electrons. The Morgan fingerprint density at radius 3 is 2.50 bits per heavy atom. The third-order valence-electron chi connectivity index (χ3n) is 4.89. The quantitative estimate of drug-likeness (QED) is 0.533. The van der Waals surface area contributed by atoms with Crippen LogP contribution < -0.4 is 16.7 Å². The Balaban J connectivity index is 2.09. The number of anilines is 2. The molecular weight excluding hydrogens is 445 g/mol. The molecule has 0 fully saturated rings. The molecule has 0 aliphatic heterocycles. The fourth-order valence-corrected chi connectivity index (χ4v) is 3.28. The first-order valence-electron chi connectivity index (χ1n) is 10.0. The average molecular weight is 467 g/mol. The molecule has 0 aliphatic carbocycles. The monoisotopic (exact) mass is 466 g/mol. The zero-order valence-electron chi connectivity index (χ0n) is 17.5. The minimum absolute atomic E-state index is 0.0531. The van der Waals surface area contributed by atoms with E-state index in [9.17, 15) is 22.8 Å². The highest BCUT2D eigenvalue weighted by molar-refractivity contribution is 6.31. The summed E-state index contributed by atoms with van der Waals surface area (Å²) in [6, 6.07) is 9.69. The third kappa shape index (κ3) is 5.40. The second kappa shape index (κ2) is 9.60. The number of nitrogens with zero attached hydrogens (tertiary/aromatic N) is 3. The molecule has 0 saturated heterocycles. The molecule has 6 nitrogen and oxygen atoms in total. The summed E-state index contributed by atoms with van der Waals surface area (Å²) in [4.78, 5) is 29.6. The van der Waals surface area contributed by atoms with E-state index in [4.69, 9.17) is 11.6 Å². The van der Waals surface area contributed by atoms with Crippen LogP contribution in [-0.4, -0.2) is 14.1 Å². The van der Waals surface area contributed by atoms with Gasteiger partial charge in [0.1, 0.15) is 0 Å². The van der Waals surface area contributed by atoms with E-state index >= 15 is 0 Å². The summed E-state index contributed by atoms with van der Waals surface area (Å²) in [6.07, 6.45) is -3.15. The van der Waals surface area contributed by atoms with Gasteiger partial charge < -0.3 is 5.32 Å². The zero-order chi connectivity index (χ0) is 23.5. The number of halogens is 4. The first kappa shape index (κ1) is 23.6. The lowest BCUT2D eigenvalue weighted by molar-refractivity contribution is -0.137. The lowest BCUT2D eigenvalue weighted by Crippen LogP contribution is -2.42. The summed E-state index contributed by atoms with van der Waals surface area (Å²) in [5, 5.41) is 3.27. The van der Waals surface area contributed by atoms with Crippen LogP contribution in [-0.2, 0) is 19.3 Å². The first-order chi connectivity index (χ1) is 15.1. The summed E-state index contributed by atoms with van der Waals surface area (Å²) in [5.41, 5.74) is -0.637. The molecule has 3 aromatic rings.